The summed E-state index contributed by atoms with van der Waals surface area (Å²) in [6.07, 6.45) is 1.78. The Balaban J connectivity index is 3.28. The molecule has 100 valence electrons. The van der Waals surface area contributed by atoms with Gasteiger partial charge in [-0.1, -0.05) is 20.8 Å². The van der Waals surface area contributed by atoms with Crippen molar-refractivity contribution >= 4 is 0 Å². The maximum Gasteiger partial charge on any atom is 0.0975 e. The fourth-order valence-corrected chi connectivity index (χ4v) is 1.27. The summed E-state index contributed by atoms with van der Waals surface area (Å²) in [6, 6.07) is 2.14. The minimum Gasteiger partial charge on any atom is -0.379 e. The number of rotatable bonds is 11. The van der Waals surface area contributed by atoms with Crippen molar-refractivity contribution in [3.05, 3.63) is 0 Å². The second-order valence-electron chi connectivity index (χ2n) is 4.51. The summed E-state index contributed by atoms with van der Waals surface area (Å²) in [7, 11) is 0. The van der Waals surface area contributed by atoms with Crippen LogP contribution in [0.1, 0.15) is 33.6 Å². The van der Waals surface area contributed by atoms with Gasteiger partial charge < -0.3 is 14.8 Å². The molecule has 0 aromatic rings. The Hall–Kier alpha value is -0.630. The summed E-state index contributed by atoms with van der Waals surface area (Å²) in [5, 5.41) is 12.0. The second kappa shape index (κ2) is 11.8. The number of nitrogens with zero attached hydrogens (tertiary/aromatic N) is 1. The van der Waals surface area contributed by atoms with E-state index in [1.54, 1.807) is 0 Å². The van der Waals surface area contributed by atoms with E-state index < -0.39 is 0 Å². The van der Waals surface area contributed by atoms with E-state index in [0.717, 1.165) is 26.0 Å². The number of hydrogen-bond acceptors (Lipinski definition) is 4. The van der Waals surface area contributed by atoms with Crippen molar-refractivity contribution in [1.29, 1.82) is 5.26 Å². The van der Waals surface area contributed by atoms with Gasteiger partial charge in [-0.3, -0.25) is 0 Å². The summed E-state index contributed by atoms with van der Waals surface area (Å²) in [4.78, 5) is 0. The summed E-state index contributed by atoms with van der Waals surface area (Å²) < 4.78 is 10.8. The standard InChI is InChI=1S/C13H26N2O2/c1-4-6-15-13(10-14)5-7-16-8-9-17-11-12(2)3/h12-13,15H,4-9,11H2,1-3H3. The molecule has 0 bridgehead atoms. The Morgan fingerprint density at radius 2 is 1.88 bits per heavy atom. The highest BCUT2D eigenvalue weighted by Gasteiger charge is 2.04. The van der Waals surface area contributed by atoms with Gasteiger partial charge in [0.25, 0.3) is 0 Å². The van der Waals surface area contributed by atoms with Crippen LogP contribution in [0.5, 0.6) is 0 Å². The molecule has 0 amide bonds. The van der Waals surface area contributed by atoms with E-state index in [1.165, 1.54) is 0 Å². The van der Waals surface area contributed by atoms with E-state index in [-0.39, 0.29) is 6.04 Å². The van der Waals surface area contributed by atoms with Crippen molar-refractivity contribution in [3.63, 3.8) is 0 Å². The first kappa shape index (κ1) is 16.4. The molecular formula is C13H26N2O2. The number of hydrogen-bond donors (Lipinski definition) is 1. The van der Waals surface area contributed by atoms with Crippen LogP contribution in [0.25, 0.3) is 0 Å². The molecule has 4 nitrogen and oxygen atoms in total. The Kier molecular flexibility index (Phi) is 11.4. The third-order valence-electron chi connectivity index (χ3n) is 2.17. The Morgan fingerprint density at radius 1 is 1.18 bits per heavy atom. The molecule has 0 heterocycles. The normalized spacial score (nSPS) is 12.6. The molecule has 0 aliphatic carbocycles. The van der Waals surface area contributed by atoms with Crippen LogP contribution in [0.4, 0.5) is 0 Å². The molecule has 0 aliphatic rings. The lowest BCUT2D eigenvalue weighted by Gasteiger charge is -2.11. The predicted octanol–water partition coefficient (Wildman–Crippen LogP) is 1.96. The van der Waals surface area contributed by atoms with Crippen LogP contribution in [0.15, 0.2) is 0 Å². The first-order chi connectivity index (χ1) is 8.20. The lowest BCUT2D eigenvalue weighted by atomic mass is 10.2. The molecule has 17 heavy (non-hydrogen) atoms. The van der Waals surface area contributed by atoms with Gasteiger partial charge in [-0.15, -0.1) is 0 Å². The Morgan fingerprint density at radius 3 is 2.47 bits per heavy atom. The average molecular weight is 242 g/mol. The van der Waals surface area contributed by atoms with E-state index in [9.17, 15) is 0 Å². The smallest absolute Gasteiger partial charge is 0.0975 e. The minimum absolute atomic E-state index is 0.0912. The molecule has 0 spiro atoms. The lowest BCUT2D eigenvalue weighted by molar-refractivity contribution is 0.0360. The van der Waals surface area contributed by atoms with Gasteiger partial charge in [-0.05, 0) is 25.3 Å². The van der Waals surface area contributed by atoms with Gasteiger partial charge in [0.2, 0.25) is 0 Å². The highest BCUT2D eigenvalue weighted by molar-refractivity contribution is 4.89. The highest BCUT2D eigenvalue weighted by Crippen LogP contribution is 1.94. The highest BCUT2D eigenvalue weighted by atomic mass is 16.5. The molecule has 0 rings (SSSR count). The Labute approximate surface area is 105 Å². The molecule has 1 unspecified atom stereocenters. The van der Waals surface area contributed by atoms with Crippen molar-refractivity contribution in [2.45, 2.75) is 39.7 Å². The van der Waals surface area contributed by atoms with Crippen molar-refractivity contribution in [2.75, 3.05) is 33.0 Å². The molecule has 0 aromatic heterocycles. The predicted molar refractivity (Wildman–Crippen MR) is 68.8 cm³/mol. The number of ether oxygens (including phenoxy) is 2. The minimum atomic E-state index is -0.0912. The quantitative estimate of drug-likeness (QED) is 0.563. The molecular weight excluding hydrogens is 216 g/mol. The van der Waals surface area contributed by atoms with E-state index >= 15 is 0 Å². The zero-order valence-electron chi connectivity index (χ0n) is 11.4. The van der Waals surface area contributed by atoms with E-state index in [1.807, 2.05) is 0 Å². The maximum atomic E-state index is 8.86. The van der Waals surface area contributed by atoms with Gasteiger partial charge in [0, 0.05) is 13.2 Å². The fraction of sp³-hybridized carbons (Fsp3) is 0.923. The van der Waals surface area contributed by atoms with Crippen LogP contribution < -0.4 is 5.32 Å². The van der Waals surface area contributed by atoms with Crippen LogP contribution in [-0.4, -0.2) is 39.0 Å². The van der Waals surface area contributed by atoms with Crippen molar-refractivity contribution in [1.82, 2.24) is 5.32 Å². The van der Waals surface area contributed by atoms with E-state index in [0.29, 0.717) is 25.7 Å². The van der Waals surface area contributed by atoms with Crippen molar-refractivity contribution in [2.24, 2.45) is 5.92 Å². The molecule has 0 fully saturated rings. The fourth-order valence-electron chi connectivity index (χ4n) is 1.27. The van der Waals surface area contributed by atoms with E-state index in [4.69, 9.17) is 14.7 Å². The SMILES string of the molecule is CCCNC(C#N)CCOCCOCC(C)C. The van der Waals surface area contributed by atoms with Gasteiger partial charge in [0.1, 0.15) is 0 Å². The first-order valence-electron chi connectivity index (χ1n) is 6.49. The summed E-state index contributed by atoms with van der Waals surface area (Å²) in [6.45, 7) is 9.86. The molecule has 4 heteroatoms. The van der Waals surface area contributed by atoms with Crippen LogP contribution in [0.3, 0.4) is 0 Å². The van der Waals surface area contributed by atoms with Crippen LogP contribution in [0.2, 0.25) is 0 Å². The molecule has 0 aliphatic heterocycles. The van der Waals surface area contributed by atoms with Gasteiger partial charge in [0.05, 0.1) is 25.3 Å². The van der Waals surface area contributed by atoms with Crippen LogP contribution in [0, 0.1) is 17.2 Å². The lowest BCUT2D eigenvalue weighted by Crippen LogP contribution is -2.29. The van der Waals surface area contributed by atoms with Gasteiger partial charge in [-0.2, -0.15) is 5.26 Å². The maximum absolute atomic E-state index is 8.86. The van der Waals surface area contributed by atoms with Gasteiger partial charge in [-0.25, -0.2) is 0 Å². The summed E-state index contributed by atoms with van der Waals surface area (Å²) in [5.41, 5.74) is 0. The van der Waals surface area contributed by atoms with Gasteiger partial charge in [0.15, 0.2) is 0 Å². The third-order valence-corrected chi connectivity index (χ3v) is 2.17. The van der Waals surface area contributed by atoms with Crippen LogP contribution in [-0.2, 0) is 9.47 Å². The largest absolute Gasteiger partial charge is 0.379 e. The topological polar surface area (TPSA) is 54.3 Å². The molecule has 0 saturated heterocycles. The number of nitrogens with one attached hydrogen (secondary N) is 1. The molecule has 0 radical (unpaired) electrons. The third kappa shape index (κ3) is 11.6. The number of nitriles is 1. The molecule has 1 atom stereocenters. The zero-order chi connectivity index (χ0) is 12.9. The molecule has 1 N–H and O–H groups in total. The van der Waals surface area contributed by atoms with Crippen molar-refractivity contribution < 1.29 is 9.47 Å². The summed E-state index contributed by atoms with van der Waals surface area (Å²) in [5.74, 6) is 0.566. The van der Waals surface area contributed by atoms with Gasteiger partial charge >= 0.3 is 0 Å². The Bertz CT molecular complexity index is 202. The first-order valence-corrected chi connectivity index (χ1v) is 6.49. The molecule has 0 aromatic carbocycles. The second-order valence-corrected chi connectivity index (χ2v) is 4.51. The monoisotopic (exact) mass is 242 g/mol. The van der Waals surface area contributed by atoms with Crippen molar-refractivity contribution in [3.8, 4) is 6.07 Å². The average Bonchev–Trinajstić information content (AvgIpc) is 2.31. The summed E-state index contributed by atoms with van der Waals surface area (Å²) >= 11 is 0. The van der Waals surface area contributed by atoms with E-state index in [2.05, 4.69) is 32.2 Å². The molecule has 0 saturated carbocycles. The zero-order valence-corrected chi connectivity index (χ0v) is 11.4. The van der Waals surface area contributed by atoms with Crippen LogP contribution >= 0.6 is 0 Å².